The molecule has 1 aliphatic carbocycles. The topological polar surface area (TPSA) is 50.4 Å². The Balaban J connectivity index is 2.00. The summed E-state index contributed by atoms with van der Waals surface area (Å²) in [6.45, 7) is 2.83. The molecule has 2 unspecified atom stereocenters. The standard InChI is InChI=1S/C15H22N2O2/c1-3-16-14-7-5-4-6-13(14)15(18)17-11-8-9-12(10-11)19-2/h4-7,11-12,16H,3,8-10H2,1-2H3,(H,17,18). The Morgan fingerprint density at radius 2 is 2.16 bits per heavy atom. The molecule has 2 N–H and O–H groups in total. The largest absolute Gasteiger partial charge is 0.385 e. The van der Waals surface area contributed by atoms with Crippen LogP contribution in [0.5, 0.6) is 0 Å². The molecule has 1 amide bonds. The van der Waals surface area contributed by atoms with Crippen LogP contribution in [-0.2, 0) is 4.74 Å². The van der Waals surface area contributed by atoms with Gasteiger partial charge in [-0.05, 0) is 38.3 Å². The summed E-state index contributed by atoms with van der Waals surface area (Å²) < 4.78 is 5.33. The van der Waals surface area contributed by atoms with E-state index >= 15 is 0 Å². The molecule has 4 heteroatoms. The number of rotatable bonds is 5. The quantitative estimate of drug-likeness (QED) is 0.856. The fourth-order valence-corrected chi connectivity index (χ4v) is 2.57. The summed E-state index contributed by atoms with van der Waals surface area (Å²) in [5, 5.41) is 6.32. The molecular formula is C15H22N2O2. The van der Waals surface area contributed by atoms with Crippen molar-refractivity contribution in [1.29, 1.82) is 0 Å². The van der Waals surface area contributed by atoms with Gasteiger partial charge in [0.2, 0.25) is 0 Å². The van der Waals surface area contributed by atoms with E-state index in [1.807, 2.05) is 31.2 Å². The highest BCUT2D eigenvalue weighted by molar-refractivity contribution is 5.99. The van der Waals surface area contributed by atoms with Gasteiger partial charge < -0.3 is 15.4 Å². The molecule has 0 heterocycles. The van der Waals surface area contributed by atoms with E-state index in [9.17, 15) is 4.79 Å². The van der Waals surface area contributed by atoms with Crippen molar-refractivity contribution in [3.8, 4) is 0 Å². The molecule has 2 atom stereocenters. The van der Waals surface area contributed by atoms with E-state index in [1.54, 1.807) is 7.11 Å². The molecule has 0 spiro atoms. The second-order valence-electron chi connectivity index (χ2n) is 4.92. The Bertz CT molecular complexity index is 434. The maximum absolute atomic E-state index is 12.3. The Morgan fingerprint density at radius 3 is 2.84 bits per heavy atom. The van der Waals surface area contributed by atoms with Crippen LogP contribution >= 0.6 is 0 Å². The van der Waals surface area contributed by atoms with Gasteiger partial charge >= 0.3 is 0 Å². The Labute approximate surface area is 114 Å². The van der Waals surface area contributed by atoms with Crippen LogP contribution < -0.4 is 10.6 Å². The van der Waals surface area contributed by atoms with Crippen molar-refractivity contribution in [3.63, 3.8) is 0 Å². The third-order valence-electron chi connectivity index (χ3n) is 3.59. The van der Waals surface area contributed by atoms with E-state index in [0.29, 0.717) is 5.56 Å². The SMILES string of the molecule is CCNc1ccccc1C(=O)NC1CCC(OC)C1. The molecule has 0 aromatic heterocycles. The third kappa shape index (κ3) is 3.47. The highest BCUT2D eigenvalue weighted by Crippen LogP contribution is 2.22. The third-order valence-corrected chi connectivity index (χ3v) is 3.59. The molecular weight excluding hydrogens is 240 g/mol. The molecule has 19 heavy (non-hydrogen) atoms. The smallest absolute Gasteiger partial charge is 0.253 e. The first-order chi connectivity index (χ1) is 9.24. The molecule has 1 saturated carbocycles. The number of hydrogen-bond donors (Lipinski definition) is 2. The zero-order chi connectivity index (χ0) is 13.7. The minimum absolute atomic E-state index is 0.00157. The number of carbonyl (C=O) groups is 1. The first-order valence-electron chi connectivity index (χ1n) is 6.91. The molecule has 1 aromatic rings. The minimum atomic E-state index is -0.00157. The Hall–Kier alpha value is -1.55. The predicted molar refractivity (Wildman–Crippen MR) is 76.5 cm³/mol. The molecule has 0 saturated heterocycles. The fourth-order valence-electron chi connectivity index (χ4n) is 2.57. The molecule has 0 bridgehead atoms. The molecule has 104 valence electrons. The van der Waals surface area contributed by atoms with Gasteiger partial charge in [0, 0.05) is 25.4 Å². The summed E-state index contributed by atoms with van der Waals surface area (Å²) in [4.78, 5) is 12.3. The summed E-state index contributed by atoms with van der Waals surface area (Å²) in [7, 11) is 1.73. The van der Waals surface area contributed by atoms with Crippen molar-refractivity contribution in [2.45, 2.75) is 38.3 Å². The van der Waals surface area contributed by atoms with Gasteiger partial charge in [0.1, 0.15) is 0 Å². The average Bonchev–Trinajstić information content (AvgIpc) is 2.87. The number of para-hydroxylation sites is 1. The number of carbonyl (C=O) groups excluding carboxylic acids is 1. The van der Waals surface area contributed by atoms with Gasteiger partial charge in [-0.15, -0.1) is 0 Å². The summed E-state index contributed by atoms with van der Waals surface area (Å²) in [5.74, 6) is -0.00157. The first-order valence-corrected chi connectivity index (χ1v) is 6.91. The lowest BCUT2D eigenvalue weighted by Crippen LogP contribution is -2.33. The predicted octanol–water partition coefficient (Wildman–Crippen LogP) is 2.42. The van der Waals surface area contributed by atoms with E-state index in [1.165, 1.54) is 0 Å². The maximum atomic E-state index is 12.3. The highest BCUT2D eigenvalue weighted by atomic mass is 16.5. The van der Waals surface area contributed by atoms with Gasteiger partial charge in [0.15, 0.2) is 0 Å². The van der Waals surface area contributed by atoms with Crippen molar-refractivity contribution in [3.05, 3.63) is 29.8 Å². The van der Waals surface area contributed by atoms with Crippen molar-refractivity contribution >= 4 is 11.6 Å². The summed E-state index contributed by atoms with van der Waals surface area (Å²) in [6, 6.07) is 7.85. The maximum Gasteiger partial charge on any atom is 0.253 e. The van der Waals surface area contributed by atoms with Crippen LogP contribution in [0, 0.1) is 0 Å². The zero-order valence-electron chi connectivity index (χ0n) is 11.6. The van der Waals surface area contributed by atoms with E-state index < -0.39 is 0 Å². The number of benzene rings is 1. The van der Waals surface area contributed by atoms with Crippen molar-refractivity contribution in [2.24, 2.45) is 0 Å². The van der Waals surface area contributed by atoms with Crippen LogP contribution in [0.25, 0.3) is 0 Å². The number of methoxy groups -OCH3 is 1. The summed E-state index contributed by atoms with van der Waals surface area (Å²) in [5.41, 5.74) is 1.61. The van der Waals surface area contributed by atoms with E-state index in [2.05, 4.69) is 10.6 Å². The van der Waals surface area contributed by atoms with E-state index in [0.717, 1.165) is 31.5 Å². The molecule has 0 aliphatic heterocycles. The van der Waals surface area contributed by atoms with Gasteiger partial charge in [-0.2, -0.15) is 0 Å². The second kappa shape index (κ2) is 6.57. The number of nitrogens with one attached hydrogen (secondary N) is 2. The van der Waals surface area contributed by atoms with Gasteiger partial charge in [0.25, 0.3) is 5.91 Å². The van der Waals surface area contributed by atoms with Gasteiger partial charge in [-0.25, -0.2) is 0 Å². The molecule has 1 fully saturated rings. The Morgan fingerprint density at radius 1 is 1.37 bits per heavy atom. The number of anilines is 1. The number of hydrogen-bond acceptors (Lipinski definition) is 3. The van der Waals surface area contributed by atoms with Crippen molar-refractivity contribution < 1.29 is 9.53 Å². The number of amides is 1. The average molecular weight is 262 g/mol. The van der Waals surface area contributed by atoms with Crippen LogP contribution in [0.4, 0.5) is 5.69 Å². The van der Waals surface area contributed by atoms with Crippen LogP contribution in [0.15, 0.2) is 24.3 Å². The fraction of sp³-hybridized carbons (Fsp3) is 0.533. The van der Waals surface area contributed by atoms with Gasteiger partial charge in [-0.1, -0.05) is 12.1 Å². The molecule has 0 radical (unpaired) electrons. The van der Waals surface area contributed by atoms with Gasteiger partial charge in [-0.3, -0.25) is 4.79 Å². The van der Waals surface area contributed by atoms with Crippen LogP contribution in [0.1, 0.15) is 36.5 Å². The lowest BCUT2D eigenvalue weighted by molar-refractivity contribution is 0.0915. The normalized spacial score (nSPS) is 22.2. The molecule has 4 nitrogen and oxygen atoms in total. The van der Waals surface area contributed by atoms with Crippen molar-refractivity contribution in [1.82, 2.24) is 5.32 Å². The summed E-state index contributed by atoms with van der Waals surface area (Å²) >= 11 is 0. The molecule has 1 aliphatic rings. The van der Waals surface area contributed by atoms with Crippen molar-refractivity contribution in [2.75, 3.05) is 19.0 Å². The first kappa shape index (κ1) is 13.9. The van der Waals surface area contributed by atoms with Crippen LogP contribution in [-0.4, -0.2) is 31.7 Å². The second-order valence-corrected chi connectivity index (χ2v) is 4.92. The lowest BCUT2D eigenvalue weighted by atomic mass is 10.1. The number of ether oxygens (including phenoxy) is 1. The van der Waals surface area contributed by atoms with E-state index in [-0.39, 0.29) is 18.1 Å². The zero-order valence-corrected chi connectivity index (χ0v) is 11.6. The monoisotopic (exact) mass is 262 g/mol. The summed E-state index contributed by atoms with van der Waals surface area (Å²) in [6.07, 6.45) is 3.21. The Kier molecular flexibility index (Phi) is 4.80. The highest BCUT2D eigenvalue weighted by Gasteiger charge is 2.26. The van der Waals surface area contributed by atoms with E-state index in [4.69, 9.17) is 4.74 Å². The minimum Gasteiger partial charge on any atom is -0.385 e. The van der Waals surface area contributed by atoms with Crippen LogP contribution in [0.2, 0.25) is 0 Å². The van der Waals surface area contributed by atoms with Gasteiger partial charge in [0.05, 0.1) is 11.7 Å². The van der Waals surface area contributed by atoms with Crippen LogP contribution in [0.3, 0.4) is 0 Å². The lowest BCUT2D eigenvalue weighted by Gasteiger charge is -2.15. The molecule has 1 aromatic carbocycles. The molecule has 2 rings (SSSR count).